The third-order valence-corrected chi connectivity index (χ3v) is 5.44. The van der Waals surface area contributed by atoms with E-state index in [-0.39, 0.29) is 18.5 Å². The van der Waals surface area contributed by atoms with E-state index < -0.39 is 5.54 Å². The van der Waals surface area contributed by atoms with E-state index in [1.807, 2.05) is 74.5 Å². The van der Waals surface area contributed by atoms with Crippen molar-refractivity contribution in [3.63, 3.8) is 0 Å². The van der Waals surface area contributed by atoms with E-state index in [0.29, 0.717) is 0 Å². The van der Waals surface area contributed by atoms with Gasteiger partial charge in [0.1, 0.15) is 5.54 Å². The molecule has 1 N–H and O–H groups in total. The Hall–Kier alpha value is -3.14. The molecule has 1 saturated heterocycles. The van der Waals surface area contributed by atoms with Crippen molar-refractivity contribution >= 4 is 22.7 Å². The van der Waals surface area contributed by atoms with Crippen LogP contribution >= 0.6 is 0 Å². The van der Waals surface area contributed by atoms with E-state index >= 15 is 0 Å². The van der Waals surface area contributed by atoms with Gasteiger partial charge in [0, 0.05) is 0 Å². The third-order valence-electron chi connectivity index (χ3n) is 5.44. The summed E-state index contributed by atoms with van der Waals surface area (Å²) in [4.78, 5) is 27.4. The summed E-state index contributed by atoms with van der Waals surface area (Å²) >= 11 is 0. The second kappa shape index (κ2) is 6.23. The first-order chi connectivity index (χ1) is 12.9. The predicted octanol–water partition coefficient (Wildman–Crippen LogP) is 4.42. The van der Waals surface area contributed by atoms with E-state index in [9.17, 15) is 9.59 Å². The molecule has 3 aromatic rings. The molecule has 0 unspecified atom stereocenters. The highest BCUT2D eigenvalue weighted by Gasteiger charge is 2.49. The van der Waals surface area contributed by atoms with E-state index in [1.54, 1.807) is 6.92 Å². The molecule has 136 valence electrons. The number of hydrogen-bond acceptors (Lipinski definition) is 2. The molecule has 1 aliphatic rings. The van der Waals surface area contributed by atoms with Gasteiger partial charge in [0.05, 0.1) is 6.54 Å². The molecule has 0 saturated carbocycles. The third kappa shape index (κ3) is 2.78. The van der Waals surface area contributed by atoms with E-state index in [4.69, 9.17) is 0 Å². The first-order valence-electron chi connectivity index (χ1n) is 9.08. The number of benzene rings is 3. The molecule has 1 aliphatic heterocycles. The van der Waals surface area contributed by atoms with Gasteiger partial charge in [-0.1, -0.05) is 66.2 Å². The van der Waals surface area contributed by atoms with Crippen molar-refractivity contribution in [2.24, 2.45) is 0 Å². The quantitative estimate of drug-likeness (QED) is 0.705. The summed E-state index contributed by atoms with van der Waals surface area (Å²) in [5, 5.41) is 4.95. The number of rotatable bonds is 3. The molecule has 1 atom stereocenters. The van der Waals surface area contributed by atoms with Gasteiger partial charge in [-0.05, 0) is 48.2 Å². The van der Waals surface area contributed by atoms with Crippen LogP contribution < -0.4 is 5.32 Å². The number of nitrogens with zero attached hydrogens (tertiary/aromatic N) is 1. The first-order valence-corrected chi connectivity index (χ1v) is 9.08. The zero-order valence-corrected chi connectivity index (χ0v) is 15.7. The van der Waals surface area contributed by atoms with Gasteiger partial charge in [0.2, 0.25) is 0 Å². The number of imide groups is 1. The van der Waals surface area contributed by atoms with Gasteiger partial charge in [-0.2, -0.15) is 0 Å². The van der Waals surface area contributed by atoms with Crippen LogP contribution in [0.5, 0.6) is 0 Å². The molecule has 0 aromatic heterocycles. The van der Waals surface area contributed by atoms with Gasteiger partial charge in [0.25, 0.3) is 5.91 Å². The van der Waals surface area contributed by atoms with Crippen molar-refractivity contribution in [3.8, 4) is 0 Å². The summed E-state index contributed by atoms with van der Waals surface area (Å²) in [7, 11) is 0. The normalized spacial score (nSPS) is 19.6. The highest BCUT2D eigenvalue weighted by atomic mass is 16.2. The van der Waals surface area contributed by atoms with Gasteiger partial charge in [0.15, 0.2) is 0 Å². The highest BCUT2D eigenvalue weighted by Crippen LogP contribution is 2.34. The lowest BCUT2D eigenvalue weighted by atomic mass is 9.87. The lowest BCUT2D eigenvalue weighted by molar-refractivity contribution is -0.131. The summed E-state index contributed by atoms with van der Waals surface area (Å²) in [5.74, 6) is -0.218. The van der Waals surface area contributed by atoms with Crippen LogP contribution in [0.2, 0.25) is 0 Å². The Balaban J connectivity index is 1.74. The average molecular weight is 358 g/mol. The minimum Gasteiger partial charge on any atom is -0.319 e. The molecule has 4 nitrogen and oxygen atoms in total. The Bertz CT molecular complexity index is 1070. The molecule has 0 aliphatic carbocycles. The molecule has 3 aromatic carbocycles. The van der Waals surface area contributed by atoms with Crippen LogP contribution in [0.1, 0.15) is 29.2 Å². The number of amides is 3. The van der Waals surface area contributed by atoms with Crippen LogP contribution in [-0.2, 0) is 16.9 Å². The molecule has 0 radical (unpaired) electrons. The number of urea groups is 1. The molecule has 27 heavy (non-hydrogen) atoms. The first kappa shape index (κ1) is 17.3. The number of fused-ring (bicyclic) bond motifs is 1. The van der Waals surface area contributed by atoms with E-state index in [0.717, 1.165) is 33.0 Å². The summed E-state index contributed by atoms with van der Waals surface area (Å²) in [6.07, 6.45) is 0. The van der Waals surface area contributed by atoms with Gasteiger partial charge in [-0.15, -0.1) is 0 Å². The smallest absolute Gasteiger partial charge is 0.319 e. The second-order valence-corrected chi connectivity index (χ2v) is 7.40. The van der Waals surface area contributed by atoms with Crippen molar-refractivity contribution in [1.29, 1.82) is 0 Å². The Morgan fingerprint density at radius 1 is 0.963 bits per heavy atom. The summed E-state index contributed by atoms with van der Waals surface area (Å²) < 4.78 is 0. The second-order valence-electron chi connectivity index (χ2n) is 7.40. The number of nitrogens with one attached hydrogen (secondary N) is 1. The van der Waals surface area contributed by atoms with Gasteiger partial charge >= 0.3 is 6.03 Å². The van der Waals surface area contributed by atoms with Crippen molar-refractivity contribution in [3.05, 3.63) is 82.9 Å². The van der Waals surface area contributed by atoms with E-state index in [1.165, 1.54) is 4.90 Å². The van der Waals surface area contributed by atoms with Crippen LogP contribution in [0.3, 0.4) is 0 Å². The number of aryl methyl sites for hydroxylation is 2. The Morgan fingerprint density at radius 3 is 2.52 bits per heavy atom. The zero-order valence-electron chi connectivity index (χ0n) is 15.7. The van der Waals surface area contributed by atoms with Crippen LogP contribution in [-0.4, -0.2) is 16.8 Å². The fourth-order valence-corrected chi connectivity index (χ4v) is 3.83. The Morgan fingerprint density at radius 2 is 1.70 bits per heavy atom. The number of carbonyl (C=O) groups excluding carboxylic acids is 2. The predicted molar refractivity (Wildman–Crippen MR) is 106 cm³/mol. The molecule has 4 heteroatoms. The lowest BCUT2D eigenvalue weighted by Crippen LogP contribution is -2.41. The standard InChI is InChI=1S/C23H22N2O2/c1-15-11-12-16(2)18(13-15)14-25-21(26)23(3,24-22(25)27)20-10-6-8-17-7-4-5-9-19(17)20/h4-13H,14H2,1-3H3,(H,24,27)/t23-/m1/s1. The van der Waals surface area contributed by atoms with Crippen LogP contribution in [0, 0.1) is 13.8 Å². The molecule has 0 bridgehead atoms. The molecule has 1 heterocycles. The molecule has 1 fully saturated rings. The maximum absolute atomic E-state index is 13.3. The molecule has 4 rings (SSSR count). The fourth-order valence-electron chi connectivity index (χ4n) is 3.83. The van der Waals surface area contributed by atoms with Crippen molar-refractivity contribution in [2.75, 3.05) is 0 Å². The lowest BCUT2D eigenvalue weighted by Gasteiger charge is -2.24. The number of carbonyl (C=O) groups is 2. The number of hydrogen-bond donors (Lipinski definition) is 1. The minimum atomic E-state index is -1.07. The molecular weight excluding hydrogens is 336 g/mol. The minimum absolute atomic E-state index is 0.218. The molecule has 3 amide bonds. The van der Waals surface area contributed by atoms with Gasteiger partial charge < -0.3 is 5.32 Å². The Labute approximate surface area is 158 Å². The van der Waals surface area contributed by atoms with Gasteiger partial charge in [-0.3, -0.25) is 9.69 Å². The summed E-state index contributed by atoms with van der Waals surface area (Å²) in [5.41, 5.74) is 2.91. The largest absolute Gasteiger partial charge is 0.325 e. The van der Waals surface area contributed by atoms with Crippen molar-refractivity contribution in [1.82, 2.24) is 10.2 Å². The van der Waals surface area contributed by atoms with Gasteiger partial charge in [-0.25, -0.2) is 4.79 Å². The highest BCUT2D eigenvalue weighted by molar-refractivity contribution is 6.09. The fraction of sp³-hybridized carbons (Fsp3) is 0.217. The summed E-state index contributed by atoms with van der Waals surface area (Å²) in [6.45, 7) is 6.07. The van der Waals surface area contributed by atoms with Crippen LogP contribution in [0.15, 0.2) is 60.7 Å². The Kier molecular flexibility index (Phi) is 3.99. The van der Waals surface area contributed by atoms with Crippen LogP contribution in [0.25, 0.3) is 10.8 Å². The molecular formula is C23H22N2O2. The SMILES string of the molecule is Cc1ccc(C)c(CN2C(=O)N[C@](C)(c3cccc4ccccc34)C2=O)c1. The topological polar surface area (TPSA) is 49.4 Å². The van der Waals surface area contributed by atoms with Crippen molar-refractivity contribution in [2.45, 2.75) is 32.9 Å². The van der Waals surface area contributed by atoms with Crippen LogP contribution in [0.4, 0.5) is 4.79 Å². The maximum atomic E-state index is 13.3. The maximum Gasteiger partial charge on any atom is 0.325 e. The van der Waals surface area contributed by atoms with E-state index in [2.05, 4.69) is 5.32 Å². The van der Waals surface area contributed by atoms with Crippen molar-refractivity contribution < 1.29 is 9.59 Å². The average Bonchev–Trinajstić information content (AvgIpc) is 2.88. The summed E-state index contributed by atoms with van der Waals surface area (Å²) in [6, 6.07) is 19.5. The molecule has 0 spiro atoms. The zero-order chi connectivity index (χ0) is 19.2. The monoisotopic (exact) mass is 358 g/mol.